The van der Waals surface area contributed by atoms with Crippen molar-refractivity contribution in [2.75, 3.05) is 7.11 Å². The van der Waals surface area contributed by atoms with Gasteiger partial charge in [-0.1, -0.05) is 18.7 Å². The summed E-state index contributed by atoms with van der Waals surface area (Å²) in [5.74, 6) is -13.7. The van der Waals surface area contributed by atoms with E-state index < -0.39 is 55.4 Å². The van der Waals surface area contributed by atoms with E-state index >= 15 is 0 Å². The Kier molecular flexibility index (Phi) is 6.31. The lowest BCUT2D eigenvalue weighted by Gasteiger charge is -2.15. The Morgan fingerprint density at radius 3 is 2.11 bits per heavy atom. The van der Waals surface area contributed by atoms with Gasteiger partial charge in [0.2, 0.25) is 34.8 Å². The zero-order valence-electron chi connectivity index (χ0n) is 18.2. The van der Waals surface area contributed by atoms with Crippen molar-refractivity contribution in [2.24, 2.45) is 0 Å². The van der Waals surface area contributed by atoms with Gasteiger partial charge in [-0.15, -0.1) is 0 Å². The Bertz CT molecular complexity index is 1690. The van der Waals surface area contributed by atoms with Crippen molar-refractivity contribution in [1.82, 2.24) is 4.57 Å². The Morgan fingerprint density at radius 1 is 0.861 bits per heavy atom. The minimum atomic E-state index is -5.06. The molecule has 0 aliphatic heterocycles. The summed E-state index contributed by atoms with van der Waals surface area (Å²) in [6.07, 6.45) is 1.57. The van der Waals surface area contributed by atoms with Crippen LogP contribution in [0.5, 0.6) is 11.5 Å². The minimum Gasteiger partial charge on any atom is -0.495 e. The van der Waals surface area contributed by atoms with Crippen LogP contribution in [0, 0.1) is 29.1 Å². The van der Waals surface area contributed by atoms with Gasteiger partial charge in [-0.2, -0.15) is 17.2 Å². The summed E-state index contributed by atoms with van der Waals surface area (Å²) >= 11 is 0. The van der Waals surface area contributed by atoms with Gasteiger partial charge in [0.15, 0.2) is 0 Å². The molecule has 0 atom stereocenters. The van der Waals surface area contributed by atoms with Crippen LogP contribution in [0.3, 0.4) is 0 Å². The van der Waals surface area contributed by atoms with Gasteiger partial charge in [-0.3, -0.25) is 9.36 Å². The topological polar surface area (TPSA) is 74.6 Å². The van der Waals surface area contributed by atoms with E-state index in [-0.39, 0.29) is 10.9 Å². The number of nitrogens with zero attached hydrogens (tertiary/aromatic N) is 1. The van der Waals surface area contributed by atoms with Gasteiger partial charge in [0.1, 0.15) is 10.6 Å². The summed E-state index contributed by atoms with van der Waals surface area (Å²) in [4.78, 5) is 12.0. The lowest BCUT2D eigenvalue weighted by Crippen LogP contribution is -2.19. The van der Waals surface area contributed by atoms with Crippen LogP contribution in [0.4, 0.5) is 22.0 Å². The second kappa shape index (κ2) is 9.11. The van der Waals surface area contributed by atoms with Crippen LogP contribution in [0.1, 0.15) is 5.56 Å². The lowest BCUT2D eigenvalue weighted by molar-refractivity contribution is 0.346. The smallest absolute Gasteiger partial charge is 0.339 e. The zero-order valence-corrected chi connectivity index (χ0v) is 19.0. The highest BCUT2D eigenvalue weighted by atomic mass is 32.2. The van der Waals surface area contributed by atoms with Crippen LogP contribution in [-0.4, -0.2) is 20.1 Å². The molecule has 1 heterocycles. The molecule has 0 N–H and O–H groups in total. The molecule has 0 aliphatic rings. The van der Waals surface area contributed by atoms with E-state index in [4.69, 9.17) is 4.74 Å². The highest BCUT2D eigenvalue weighted by molar-refractivity contribution is 7.87. The standard InChI is InChI=1S/C24H14F5NO5S/c1-3-12-4-7-16(17(10-12)34-2)30-15-8-6-14(11-13(15)5-9-18(30)31)36(32,33)35-24-22(28)20(26)19(25)21(27)23(24)29/h3-11H,1H2,2H3. The summed E-state index contributed by atoms with van der Waals surface area (Å²) in [6, 6.07) is 10.5. The number of hydrogen-bond donors (Lipinski definition) is 0. The molecule has 186 valence electrons. The molecular formula is C24H14F5NO5S. The maximum absolute atomic E-state index is 13.9. The maximum Gasteiger partial charge on any atom is 0.339 e. The molecule has 3 aromatic carbocycles. The molecule has 6 nitrogen and oxygen atoms in total. The predicted octanol–water partition coefficient (Wildman–Crippen LogP) is 5.11. The Hall–Kier alpha value is -4.19. The number of ether oxygens (including phenoxy) is 1. The zero-order chi connectivity index (χ0) is 26.4. The van der Waals surface area contributed by atoms with Crippen molar-refractivity contribution in [3.63, 3.8) is 0 Å². The molecule has 0 spiro atoms. The molecule has 0 radical (unpaired) electrons. The van der Waals surface area contributed by atoms with E-state index in [9.17, 15) is 35.2 Å². The first kappa shape index (κ1) is 24.9. The number of fused-ring (bicyclic) bond motifs is 1. The van der Waals surface area contributed by atoms with Crippen LogP contribution < -0.4 is 14.5 Å². The van der Waals surface area contributed by atoms with Gasteiger partial charge in [0, 0.05) is 11.5 Å². The third-order valence-corrected chi connectivity index (χ3v) is 6.41. The molecule has 36 heavy (non-hydrogen) atoms. The number of benzene rings is 3. The van der Waals surface area contributed by atoms with E-state index in [1.807, 2.05) is 0 Å². The molecular weight excluding hydrogens is 509 g/mol. The third-order valence-electron chi connectivity index (χ3n) is 5.20. The average molecular weight is 523 g/mol. The summed E-state index contributed by atoms with van der Waals surface area (Å²) in [6.45, 7) is 3.66. The number of halogens is 5. The van der Waals surface area contributed by atoms with E-state index in [0.717, 1.165) is 18.2 Å². The molecule has 1 aromatic heterocycles. The third kappa shape index (κ3) is 4.09. The monoisotopic (exact) mass is 523 g/mol. The van der Waals surface area contributed by atoms with Crippen molar-refractivity contribution in [2.45, 2.75) is 4.90 Å². The molecule has 4 aromatic rings. The molecule has 0 saturated heterocycles. The molecule has 4 rings (SSSR count). The van der Waals surface area contributed by atoms with Gasteiger partial charge in [0.25, 0.3) is 5.56 Å². The number of methoxy groups -OCH3 is 1. The molecule has 12 heteroatoms. The molecule has 0 bridgehead atoms. The van der Waals surface area contributed by atoms with E-state index in [0.29, 0.717) is 17.0 Å². The number of rotatable bonds is 6. The molecule has 0 aliphatic carbocycles. The van der Waals surface area contributed by atoms with E-state index in [1.165, 1.54) is 23.8 Å². The first-order chi connectivity index (χ1) is 17.0. The van der Waals surface area contributed by atoms with Crippen molar-refractivity contribution >= 4 is 27.1 Å². The number of hydrogen-bond acceptors (Lipinski definition) is 5. The molecule has 0 amide bonds. The van der Waals surface area contributed by atoms with Crippen LogP contribution in [0.2, 0.25) is 0 Å². The van der Waals surface area contributed by atoms with Crippen LogP contribution >= 0.6 is 0 Å². The highest BCUT2D eigenvalue weighted by Crippen LogP contribution is 2.32. The van der Waals surface area contributed by atoms with Crippen molar-refractivity contribution in [3.05, 3.63) is 100 Å². The summed E-state index contributed by atoms with van der Waals surface area (Å²) in [5, 5.41) is 0.173. The second-order valence-corrected chi connectivity index (χ2v) is 8.85. The minimum absolute atomic E-state index is 0.173. The second-order valence-electron chi connectivity index (χ2n) is 7.30. The normalized spacial score (nSPS) is 11.5. The predicted molar refractivity (Wildman–Crippen MR) is 120 cm³/mol. The Balaban J connectivity index is 1.85. The highest BCUT2D eigenvalue weighted by Gasteiger charge is 2.31. The Labute approximate surface area is 200 Å². The summed E-state index contributed by atoms with van der Waals surface area (Å²) in [5.41, 5.74) is 0.775. The summed E-state index contributed by atoms with van der Waals surface area (Å²) in [7, 11) is -3.67. The summed E-state index contributed by atoms with van der Waals surface area (Å²) < 4.78 is 104. The molecule has 0 fully saturated rings. The maximum atomic E-state index is 13.9. The molecule has 0 saturated carbocycles. The quantitative estimate of drug-likeness (QED) is 0.152. The van der Waals surface area contributed by atoms with E-state index in [1.54, 1.807) is 24.3 Å². The van der Waals surface area contributed by atoms with Gasteiger partial charge >= 0.3 is 10.1 Å². The number of aromatic nitrogens is 1. The van der Waals surface area contributed by atoms with Crippen LogP contribution in [-0.2, 0) is 10.1 Å². The number of pyridine rings is 1. The Morgan fingerprint density at radius 2 is 1.50 bits per heavy atom. The largest absolute Gasteiger partial charge is 0.495 e. The van der Waals surface area contributed by atoms with E-state index in [2.05, 4.69) is 10.8 Å². The van der Waals surface area contributed by atoms with Crippen LogP contribution in [0.15, 0.2) is 64.8 Å². The SMILES string of the molecule is C=Cc1ccc(-n2c(=O)ccc3cc(S(=O)(=O)Oc4c(F)c(F)c(F)c(F)c4F)ccc32)c(OC)c1. The lowest BCUT2D eigenvalue weighted by atomic mass is 10.1. The van der Waals surface area contributed by atoms with Crippen molar-refractivity contribution in [3.8, 4) is 17.2 Å². The van der Waals surface area contributed by atoms with Crippen molar-refractivity contribution < 1.29 is 39.3 Å². The fourth-order valence-electron chi connectivity index (χ4n) is 3.45. The van der Waals surface area contributed by atoms with Gasteiger partial charge in [-0.05, 0) is 42.0 Å². The molecule has 0 unspecified atom stereocenters. The van der Waals surface area contributed by atoms with Gasteiger partial charge < -0.3 is 8.92 Å². The first-order valence-corrected chi connectivity index (χ1v) is 11.3. The van der Waals surface area contributed by atoms with Crippen LogP contribution in [0.25, 0.3) is 22.7 Å². The van der Waals surface area contributed by atoms with Gasteiger partial charge in [0.05, 0.1) is 18.3 Å². The average Bonchev–Trinajstić information content (AvgIpc) is 2.88. The van der Waals surface area contributed by atoms with Crippen molar-refractivity contribution in [1.29, 1.82) is 0 Å². The van der Waals surface area contributed by atoms with Gasteiger partial charge in [-0.25, -0.2) is 13.2 Å². The fourth-order valence-corrected chi connectivity index (χ4v) is 4.42. The first-order valence-electron chi connectivity index (χ1n) is 9.92. The fraction of sp³-hybridized carbons (Fsp3) is 0.0417.